The number of rotatable bonds is 2. The molecule has 2 fully saturated rings. The van der Waals surface area contributed by atoms with Crippen molar-refractivity contribution in [2.75, 3.05) is 13.1 Å². The molecule has 1 saturated carbocycles. The molecule has 2 rings (SSSR count). The second kappa shape index (κ2) is 3.78. The van der Waals surface area contributed by atoms with Gasteiger partial charge in [-0.25, -0.2) is 0 Å². The third-order valence-electron chi connectivity index (χ3n) is 3.82. The first-order chi connectivity index (χ1) is 5.86. The van der Waals surface area contributed by atoms with Gasteiger partial charge in [-0.3, -0.25) is 0 Å². The van der Waals surface area contributed by atoms with Gasteiger partial charge in [0.05, 0.1) is 0 Å². The van der Waals surface area contributed by atoms with Crippen molar-refractivity contribution >= 4 is 0 Å². The molecule has 1 saturated heterocycles. The predicted molar refractivity (Wildman–Crippen MR) is 52.1 cm³/mol. The highest BCUT2D eigenvalue weighted by molar-refractivity contribution is 4.80. The van der Waals surface area contributed by atoms with Gasteiger partial charge in [-0.1, -0.05) is 26.2 Å². The minimum Gasteiger partial charge on any atom is -0.316 e. The van der Waals surface area contributed by atoms with E-state index in [-0.39, 0.29) is 0 Å². The van der Waals surface area contributed by atoms with Crippen molar-refractivity contribution in [2.24, 2.45) is 17.8 Å². The van der Waals surface area contributed by atoms with E-state index in [1.165, 1.54) is 45.2 Å². The minimum absolute atomic E-state index is 0.930. The smallest absolute Gasteiger partial charge is 0.00205 e. The predicted octanol–water partition coefficient (Wildman–Crippen LogP) is 2.42. The summed E-state index contributed by atoms with van der Waals surface area (Å²) in [7, 11) is 0. The molecule has 12 heavy (non-hydrogen) atoms. The van der Waals surface area contributed by atoms with Crippen LogP contribution < -0.4 is 5.32 Å². The normalized spacial score (nSPS) is 37.8. The minimum atomic E-state index is 0.930. The van der Waals surface area contributed by atoms with Crippen LogP contribution in [-0.2, 0) is 0 Å². The first kappa shape index (κ1) is 8.55. The van der Waals surface area contributed by atoms with Crippen molar-refractivity contribution in [2.45, 2.75) is 39.0 Å². The molecule has 0 aromatic heterocycles. The highest BCUT2D eigenvalue weighted by Crippen LogP contribution is 2.36. The van der Waals surface area contributed by atoms with E-state index < -0.39 is 0 Å². The number of hydrogen-bond acceptors (Lipinski definition) is 1. The molecule has 2 atom stereocenters. The lowest BCUT2D eigenvalue weighted by Crippen LogP contribution is -2.36. The van der Waals surface area contributed by atoms with Crippen LogP contribution in [0.25, 0.3) is 0 Å². The van der Waals surface area contributed by atoms with Crippen LogP contribution in [0.4, 0.5) is 0 Å². The number of hydrogen-bond donors (Lipinski definition) is 1. The zero-order valence-electron chi connectivity index (χ0n) is 8.18. The molecule has 0 amide bonds. The summed E-state index contributed by atoms with van der Waals surface area (Å²) < 4.78 is 0. The Bertz CT molecular complexity index is 140. The molecular formula is C11H21N. The molecule has 0 spiro atoms. The molecule has 1 heteroatoms. The van der Waals surface area contributed by atoms with Gasteiger partial charge in [0.1, 0.15) is 0 Å². The van der Waals surface area contributed by atoms with Gasteiger partial charge < -0.3 is 5.32 Å². The molecule has 0 aromatic rings. The summed E-state index contributed by atoms with van der Waals surface area (Å²) in [6.45, 7) is 4.94. The summed E-state index contributed by atoms with van der Waals surface area (Å²) in [5.41, 5.74) is 0. The summed E-state index contributed by atoms with van der Waals surface area (Å²) in [6.07, 6.45) is 7.51. The SMILES string of the molecule is CC1CNCCC1CC1CCC1. The first-order valence-corrected chi connectivity index (χ1v) is 5.57. The Kier molecular flexibility index (Phi) is 2.69. The Balaban J connectivity index is 1.76. The molecule has 70 valence electrons. The van der Waals surface area contributed by atoms with Crippen LogP contribution in [0.15, 0.2) is 0 Å². The molecule has 1 aliphatic carbocycles. The molecule has 1 nitrogen and oxygen atoms in total. The third kappa shape index (κ3) is 1.82. The Morgan fingerprint density at radius 2 is 2.08 bits per heavy atom. The summed E-state index contributed by atoms with van der Waals surface area (Å²) in [4.78, 5) is 0. The van der Waals surface area contributed by atoms with Gasteiger partial charge in [0.2, 0.25) is 0 Å². The second-order valence-electron chi connectivity index (χ2n) is 4.76. The average molecular weight is 167 g/mol. The Morgan fingerprint density at radius 1 is 1.25 bits per heavy atom. The maximum Gasteiger partial charge on any atom is -0.00205 e. The fourth-order valence-electron chi connectivity index (χ4n) is 2.58. The molecule has 0 aromatic carbocycles. The van der Waals surface area contributed by atoms with Crippen LogP contribution in [0, 0.1) is 17.8 Å². The lowest BCUT2D eigenvalue weighted by Gasteiger charge is -2.35. The topological polar surface area (TPSA) is 12.0 Å². The molecule has 0 bridgehead atoms. The van der Waals surface area contributed by atoms with Crippen molar-refractivity contribution in [1.29, 1.82) is 0 Å². The first-order valence-electron chi connectivity index (χ1n) is 5.57. The summed E-state index contributed by atoms with van der Waals surface area (Å²) in [6, 6.07) is 0. The van der Waals surface area contributed by atoms with E-state index in [2.05, 4.69) is 12.2 Å². The second-order valence-corrected chi connectivity index (χ2v) is 4.76. The largest absolute Gasteiger partial charge is 0.316 e. The van der Waals surface area contributed by atoms with E-state index in [0.717, 1.165) is 17.8 Å². The van der Waals surface area contributed by atoms with E-state index in [4.69, 9.17) is 0 Å². The van der Waals surface area contributed by atoms with Crippen molar-refractivity contribution in [3.05, 3.63) is 0 Å². The van der Waals surface area contributed by atoms with E-state index in [9.17, 15) is 0 Å². The Labute approximate surface area is 75.9 Å². The van der Waals surface area contributed by atoms with Gasteiger partial charge >= 0.3 is 0 Å². The molecule has 0 radical (unpaired) electrons. The van der Waals surface area contributed by atoms with Gasteiger partial charge in [0.25, 0.3) is 0 Å². The highest BCUT2D eigenvalue weighted by atomic mass is 14.9. The van der Waals surface area contributed by atoms with Crippen LogP contribution in [0.1, 0.15) is 39.0 Å². The summed E-state index contributed by atoms with van der Waals surface area (Å²) >= 11 is 0. The van der Waals surface area contributed by atoms with Crippen LogP contribution in [0.3, 0.4) is 0 Å². The van der Waals surface area contributed by atoms with Gasteiger partial charge in [-0.15, -0.1) is 0 Å². The Morgan fingerprint density at radius 3 is 2.67 bits per heavy atom. The van der Waals surface area contributed by atoms with E-state index in [1.807, 2.05) is 0 Å². The molecule has 1 heterocycles. The molecule has 2 aliphatic rings. The monoisotopic (exact) mass is 167 g/mol. The highest BCUT2D eigenvalue weighted by Gasteiger charge is 2.26. The van der Waals surface area contributed by atoms with Crippen molar-refractivity contribution in [3.63, 3.8) is 0 Å². The van der Waals surface area contributed by atoms with Crippen LogP contribution in [0.5, 0.6) is 0 Å². The summed E-state index contributed by atoms with van der Waals surface area (Å²) in [5.74, 6) is 3.08. The van der Waals surface area contributed by atoms with E-state index >= 15 is 0 Å². The van der Waals surface area contributed by atoms with Crippen LogP contribution in [-0.4, -0.2) is 13.1 Å². The van der Waals surface area contributed by atoms with Crippen molar-refractivity contribution in [1.82, 2.24) is 5.32 Å². The van der Waals surface area contributed by atoms with E-state index in [1.54, 1.807) is 0 Å². The zero-order valence-corrected chi connectivity index (χ0v) is 8.18. The molecule has 1 N–H and O–H groups in total. The fraction of sp³-hybridized carbons (Fsp3) is 1.00. The van der Waals surface area contributed by atoms with Gasteiger partial charge in [-0.2, -0.15) is 0 Å². The van der Waals surface area contributed by atoms with E-state index in [0.29, 0.717) is 0 Å². The number of nitrogens with one attached hydrogen (secondary N) is 1. The van der Waals surface area contributed by atoms with Crippen LogP contribution in [0.2, 0.25) is 0 Å². The van der Waals surface area contributed by atoms with Gasteiger partial charge in [0, 0.05) is 0 Å². The average Bonchev–Trinajstić information content (AvgIpc) is 2.00. The maximum absolute atomic E-state index is 3.47. The lowest BCUT2D eigenvalue weighted by molar-refractivity contribution is 0.179. The fourth-order valence-corrected chi connectivity index (χ4v) is 2.58. The lowest BCUT2D eigenvalue weighted by atomic mass is 9.74. The summed E-state index contributed by atoms with van der Waals surface area (Å²) in [5, 5.41) is 3.47. The Hall–Kier alpha value is -0.0400. The van der Waals surface area contributed by atoms with Crippen molar-refractivity contribution in [3.8, 4) is 0 Å². The third-order valence-corrected chi connectivity index (χ3v) is 3.82. The van der Waals surface area contributed by atoms with Crippen molar-refractivity contribution < 1.29 is 0 Å². The molecule has 2 unspecified atom stereocenters. The quantitative estimate of drug-likeness (QED) is 0.666. The van der Waals surface area contributed by atoms with Gasteiger partial charge in [0.15, 0.2) is 0 Å². The molecule has 1 aliphatic heterocycles. The standard InChI is InChI=1S/C11H21N/c1-9-8-12-6-5-11(9)7-10-3-2-4-10/h9-12H,2-8H2,1H3. The molecular weight excluding hydrogens is 146 g/mol. The maximum atomic E-state index is 3.47. The number of piperidine rings is 1. The zero-order chi connectivity index (χ0) is 8.39. The van der Waals surface area contributed by atoms with Crippen LogP contribution >= 0.6 is 0 Å². The van der Waals surface area contributed by atoms with Gasteiger partial charge in [-0.05, 0) is 43.7 Å².